The minimum Gasteiger partial charge on any atom is -0.497 e. The van der Waals surface area contributed by atoms with Crippen LogP contribution in [0, 0.1) is 23.1 Å². The number of rotatable bonds is 6. The van der Waals surface area contributed by atoms with Gasteiger partial charge in [-0.3, -0.25) is 4.79 Å². The molecule has 3 aromatic rings. The van der Waals surface area contributed by atoms with Crippen molar-refractivity contribution in [2.75, 3.05) is 32.1 Å². The molecule has 164 valence electrons. The number of hydrogen-bond acceptors (Lipinski definition) is 5. The highest BCUT2D eigenvalue weighted by molar-refractivity contribution is 5.83. The smallest absolute Gasteiger partial charge is 0.274 e. The van der Waals surface area contributed by atoms with Crippen LogP contribution in [0.1, 0.15) is 12.0 Å². The number of pyridine rings is 1. The van der Waals surface area contributed by atoms with Crippen LogP contribution in [0.25, 0.3) is 22.4 Å². The Kier molecular flexibility index (Phi) is 6.24. The molecule has 6 nitrogen and oxygen atoms in total. The number of benzene rings is 2. The summed E-state index contributed by atoms with van der Waals surface area (Å²) >= 11 is 0. The minimum atomic E-state index is -0.592. The molecule has 1 aliphatic heterocycles. The predicted molar refractivity (Wildman–Crippen MR) is 123 cm³/mol. The van der Waals surface area contributed by atoms with Crippen LogP contribution in [0.3, 0.4) is 0 Å². The highest BCUT2D eigenvalue weighted by Gasteiger charge is 2.19. The lowest BCUT2D eigenvalue weighted by atomic mass is 9.97. The molecule has 1 aliphatic rings. The van der Waals surface area contributed by atoms with Gasteiger partial charge < -0.3 is 19.9 Å². The van der Waals surface area contributed by atoms with Gasteiger partial charge in [-0.05, 0) is 79.0 Å². The normalized spacial score (nSPS) is 15.4. The quantitative estimate of drug-likeness (QED) is 0.620. The van der Waals surface area contributed by atoms with Crippen LogP contribution in [0.4, 0.5) is 10.1 Å². The summed E-state index contributed by atoms with van der Waals surface area (Å²) in [5.41, 5.74) is 3.06. The van der Waals surface area contributed by atoms with Crippen molar-refractivity contribution in [3.8, 4) is 34.2 Å². The molecule has 1 aromatic heterocycles. The first-order chi connectivity index (χ1) is 15.5. The zero-order valence-corrected chi connectivity index (χ0v) is 18.1. The van der Waals surface area contributed by atoms with Crippen LogP contribution in [0.2, 0.25) is 0 Å². The first-order valence-corrected chi connectivity index (χ1v) is 10.5. The molecular weight excluding hydrogens is 407 g/mol. The summed E-state index contributed by atoms with van der Waals surface area (Å²) in [5, 5.41) is 15.7. The van der Waals surface area contributed by atoms with Gasteiger partial charge in [0.25, 0.3) is 5.56 Å². The van der Waals surface area contributed by atoms with Gasteiger partial charge in [0.05, 0.1) is 18.4 Å². The van der Waals surface area contributed by atoms with E-state index >= 15 is 0 Å². The number of aromatic nitrogens is 1. The second kappa shape index (κ2) is 9.25. The number of halogens is 1. The van der Waals surface area contributed by atoms with Crippen molar-refractivity contribution in [2.45, 2.75) is 6.42 Å². The zero-order valence-electron chi connectivity index (χ0n) is 18.1. The molecule has 7 heteroatoms. The van der Waals surface area contributed by atoms with Crippen molar-refractivity contribution < 1.29 is 9.13 Å². The third kappa shape index (κ3) is 4.23. The van der Waals surface area contributed by atoms with E-state index in [4.69, 9.17) is 10.00 Å². The Labute approximate surface area is 186 Å². The van der Waals surface area contributed by atoms with Gasteiger partial charge in [-0.2, -0.15) is 5.26 Å². The lowest BCUT2D eigenvalue weighted by Gasteiger charge is -2.19. The van der Waals surface area contributed by atoms with Crippen LogP contribution in [0.15, 0.2) is 53.3 Å². The lowest BCUT2D eigenvalue weighted by molar-refractivity contribution is 0.415. The maximum absolute atomic E-state index is 14.5. The van der Waals surface area contributed by atoms with Crippen LogP contribution >= 0.6 is 0 Å². The number of methoxy groups -OCH3 is 1. The average molecular weight is 432 g/mol. The molecular formula is C25H25FN4O2. The Morgan fingerprint density at radius 1 is 1.22 bits per heavy atom. The molecule has 1 atom stereocenters. The molecule has 2 heterocycles. The second-order valence-electron chi connectivity index (χ2n) is 7.96. The summed E-state index contributed by atoms with van der Waals surface area (Å²) in [7, 11) is 3.31. The maximum Gasteiger partial charge on any atom is 0.274 e. The van der Waals surface area contributed by atoms with E-state index in [2.05, 4.69) is 10.6 Å². The van der Waals surface area contributed by atoms with E-state index in [1.165, 1.54) is 12.1 Å². The molecule has 1 unspecified atom stereocenters. The number of ether oxygens (including phenoxy) is 1. The molecule has 0 radical (unpaired) electrons. The zero-order chi connectivity index (χ0) is 22.7. The molecule has 0 aliphatic carbocycles. The Morgan fingerprint density at radius 3 is 2.59 bits per heavy atom. The lowest BCUT2D eigenvalue weighted by Crippen LogP contribution is -2.26. The molecule has 0 saturated carbocycles. The van der Waals surface area contributed by atoms with Gasteiger partial charge in [0.15, 0.2) is 0 Å². The highest BCUT2D eigenvalue weighted by Crippen LogP contribution is 2.34. The number of anilines is 1. The van der Waals surface area contributed by atoms with Gasteiger partial charge in [-0.15, -0.1) is 0 Å². The standard InChI is InChI=1S/C25H25FN4O2/c1-30-24(17-5-7-20(32-2)8-6-17)21(18-3-4-19(13-27)22(26)11-18)12-23(25(30)31)29-15-16-9-10-28-14-16/h3-8,11-12,16,28-29H,9-10,14-15H2,1-2H3. The van der Waals surface area contributed by atoms with Crippen molar-refractivity contribution in [2.24, 2.45) is 13.0 Å². The molecule has 1 saturated heterocycles. The minimum absolute atomic E-state index is 0.0170. The predicted octanol–water partition coefficient (Wildman–Crippen LogP) is 3.76. The summed E-state index contributed by atoms with van der Waals surface area (Å²) in [6.45, 7) is 2.59. The summed E-state index contributed by atoms with van der Waals surface area (Å²) in [6.07, 6.45) is 1.06. The fourth-order valence-electron chi connectivity index (χ4n) is 4.10. The van der Waals surface area contributed by atoms with Crippen molar-refractivity contribution in [1.29, 1.82) is 5.26 Å². The second-order valence-corrected chi connectivity index (χ2v) is 7.96. The van der Waals surface area contributed by atoms with Crippen molar-refractivity contribution in [3.05, 3.63) is 70.3 Å². The third-order valence-corrected chi connectivity index (χ3v) is 5.92. The van der Waals surface area contributed by atoms with E-state index in [1.54, 1.807) is 30.9 Å². The highest BCUT2D eigenvalue weighted by atomic mass is 19.1. The Hall–Kier alpha value is -3.63. The van der Waals surface area contributed by atoms with Crippen molar-refractivity contribution in [1.82, 2.24) is 9.88 Å². The number of nitriles is 1. The molecule has 1 fully saturated rings. The van der Waals surface area contributed by atoms with Gasteiger partial charge >= 0.3 is 0 Å². The fraction of sp³-hybridized carbons (Fsp3) is 0.280. The Bertz CT molecular complexity index is 1220. The van der Waals surface area contributed by atoms with E-state index < -0.39 is 5.82 Å². The maximum atomic E-state index is 14.5. The SMILES string of the molecule is COc1ccc(-c2c(-c3ccc(C#N)c(F)c3)cc(NCC3CCNC3)c(=O)n2C)cc1. The van der Waals surface area contributed by atoms with E-state index in [1.807, 2.05) is 30.3 Å². The first kappa shape index (κ1) is 21.6. The molecule has 32 heavy (non-hydrogen) atoms. The molecule has 0 bridgehead atoms. The number of nitrogens with zero attached hydrogens (tertiary/aromatic N) is 2. The summed E-state index contributed by atoms with van der Waals surface area (Å²) in [4.78, 5) is 13.2. The Morgan fingerprint density at radius 2 is 1.97 bits per heavy atom. The first-order valence-electron chi connectivity index (χ1n) is 10.5. The molecule has 2 N–H and O–H groups in total. The van der Waals surface area contributed by atoms with Gasteiger partial charge in [0.1, 0.15) is 23.3 Å². The van der Waals surface area contributed by atoms with Gasteiger partial charge in [-0.1, -0.05) is 6.07 Å². The van der Waals surface area contributed by atoms with Gasteiger partial charge in [0.2, 0.25) is 0 Å². The van der Waals surface area contributed by atoms with Crippen LogP contribution in [-0.4, -0.2) is 31.3 Å². The largest absolute Gasteiger partial charge is 0.497 e. The topological polar surface area (TPSA) is 79.1 Å². The summed E-state index contributed by atoms with van der Waals surface area (Å²) < 4.78 is 21.3. The van der Waals surface area contributed by atoms with Crippen molar-refractivity contribution >= 4 is 5.69 Å². The summed E-state index contributed by atoms with van der Waals surface area (Å²) in [6, 6.07) is 15.5. The third-order valence-electron chi connectivity index (χ3n) is 5.92. The van der Waals surface area contributed by atoms with Crippen LogP contribution < -0.4 is 20.9 Å². The Balaban J connectivity index is 1.85. The molecule has 0 spiro atoms. The number of nitrogens with one attached hydrogen (secondary N) is 2. The van der Waals surface area contributed by atoms with Gasteiger partial charge in [0, 0.05) is 19.2 Å². The van der Waals surface area contributed by atoms with E-state index in [9.17, 15) is 9.18 Å². The molecule has 4 rings (SSSR count). The van der Waals surface area contributed by atoms with E-state index in [0.29, 0.717) is 40.7 Å². The van der Waals surface area contributed by atoms with E-state index in [0.717, 1.165) is 25.1 Å². The molecule has 0 amide bonds. The number of hydrogen-bond donors (Lipinski definition) is 2. The fourth-order valence-corrected chi connectivity index (χ4v) is 4.10. The van der Waals surface area contributed by atoms with Gasteiger partial charge in [-0.25, -0.2) is 4.39 Å². The summed E-state index contributed by atoms with van der Waals surface area (Å²) in [5.74, 6) is 0.566. The van der Waals surface area contributed by atoms with Crippen LogP contribution in [-0.2, 0) is 7.05 Å². The van der Waals surface area contributed by atoms with Crippen molar-refractivity contribution in [3.63, 3.8) is 0 Å². The molecule has 2 aromatic carbocycles. The average Bonchev–Trinajstić information content (AvgIpc) is 3.33. The van der Waals surface area contributed by atoms with Crippen LogP contribution in [0.5, 0.6) is 5.75 Å². The monoisotopic (exact) mass is 432 g/mol. The van der Waals surface area contributed by atoms with E-state index in [-0.39, 0.29) is 11.1 Å².